The lowest BCUT2D eigenvalue weighted by molar-refractivity contribution is -0.161. The van der Waals surface area contributed by atoms with Gasteiger partial charge in [-0.2, -0.15) is 0 Å². The minimum atomic E-state index is -4.75. The zero-order chi connectivity index (χ0) is 46.5. The molecule has 0 saturated heterocycles. The molecule has 364 valence electrons. The number of carboxylic acid groups (broad SMARTS) is 1. The lowest BCUT2D eigenvalue weighted by Crippen LogP contribution is -2.34. The summed E-state index contributed by atoms with van der Waals surface area (Å²) in [6.07, 6.45) is 47.4. The number of allylic oxidation sites excluding steroid dienone is 8. The Morgan fingerprint density at radius 2 is 0.984 bits per heavy atom. The number of carboxylic acids is 1. The zero-order valence-electron chi connectivity index (χ0n) is 39.4. The Bertz CT molecular complexity index is 1310. The summed E-state index contributed by atoms with van der Waals surface area (Å²) >= 11 is 0. The molecule has 0 saturated carbocycles. The molecule has 0 heterocycles. The van der Waals surface area contributed by atoms with Crippen molar-refractivity contribution in [2.24, 2.45) is 5.73 Å². The lowest BCUT2D eigenvalue weighted by atomic mass is 10.0. The van der Waals surface area contributed by atoms with E-state index in [4.69, 9.17) is 24.8 Å². The van der Waals surface area contributed by atoms with Crippen molar-refractivity contribution in [1.82, 2.24) is 0 Å². The number of phosphoric acid groups is 1. The molecule has 1 unspecified atom stereocenters. The maximum Gasteiger partial charge on any atom is 0.472 e. The van der Waals surface area contributed by atoms with E-state index in [0.29, 0.717) is 25.7 Å². The minimum Gasteiger partial charge on any atom is -0.480 e. The first-order valence-electron chi connectivity index (χ1n) is 24.6. The fourth-order valence-electron chi connectivity index (χ4n) is 6.66. The lowest BCUT2D eigenvalue weighted by Gasteiger charge is -2.20. The molecule has 0 aromatic rings. The van der Waals surface area contributed by atoms with E-state index in [1.165, 1.54) is 109 Å². The van der Waals surface area contributed by atoms with Gasteiger partial charge in [0.25, 0.3) is 0 Å². The van der Waals surface area contributed by atoms with Crippen LogP contribution in [0.2, 0.25) is 0 Å². The highest BCUT2D eigenvalue weighted by atomic mass is 31.2. The molecule has 0 aromatic heterocycles. The smallest absolute Gasteiger partial charge is 0.472 e. The number of nitrogens with two attached hydrogens (primary N) is 1. The molecule has 0 spiro atoms. The second-order valence-electron chi connectivity index (χ2n) is 16.6. The molecule has 0 bridgehead atoms. The number of ether oxygens (including phenoxy) is 2. The third kappa shape index (κ3) is 44.1. The summed E-state index contributed by atoms with van der Waals surface area (Å²) in [7, 11) is -4.75. The number of hydrogen-bond acceptors (Lipinski definition) is 10. The molecule has 13 heteroatoms. The number of hydrogen-bond donors (Lipinski definition) is 3. The van der Waals surface area contributed by atoms with Crippen LogP contribution < -0.4 is 5.73 Å². The van der Waals surface area contributed by atoms with Crippen molar-refractivity contribution < 1.29 is 52.3 Å². The number of aliphatic carboxylic acids is 1. The van der Waals surface area contributed by atoms with Gasteiger partial charge < -0.3 is 25.2 Å². The molecule has 3 atom stereocenters. The van der Waals surface area contributed by atoms with E-state index in [9.17, 15) is 28.6 Å². The van der Waals surface area contributed by atoms with Gasteiger partial charge in [-0.05, 0) is 44.6 Å². The molecule has 0 fully saturated rings. The number of unbranched alkanes of at least 4 members (excludes halogenated alkanes) is 23. The van der Waals surface area contributed by atoms with E-state index in [0.717, 1.165) is 51.4 Å². The summed E-state index contributed by atoms with van der Waals surface area (Å²) in [5.41, 5.74) is 5.34. The summed E-state index contributed by atoms with van der Waals surface area (Å²) < 4.78 is 32.7. The van der Waals surface area contributed by atoms with Crippen LogP contribution in [0.3, 0.4) is 0 Å². The molecule has 0 radical (unpaired) electrons. The third-order valence-corrected chi connectivity index (χ3v) is 11.5. The predicted molar refractivity (Wildman–Crippen MR) is 254 cm³/mol. The first-order chi connectivity index (χ1) is 30.5. The first-order valence-corrected chi connectivity index (χ1v) is 26.1. The molecule has 0 rings (SSSR count). The number of esters is 2. The molecular weight excluding hydrogens is 822 g/mol. The van der Waals surface area contributed by atoms with Gasteiger partial charge in [0, 0.05) is 19.3 Å². The van der Waals surface area contributed by atoms with Crippen molar-refractivity contribution in [2.75, 3.05) is 19.8 Å². The molecule has 0 aromatic carbocycles. The summed E-state index contributed by atoms with van der Waals surface area (Å²) in [5, 5.41) is 8.91. The number of carbonyl (C=O) groups excluding carboxylic acids is 3. The van der Waals surface area contributed by atoms with Crippen molar-refractivity contribution in [1.29, 1.82) is 0 Å². The minimum absolute atomic E-state index is 0.0598. The van der Waals surface area contributed by atoms with Crippen LogP contribution in [0.5, 0.6) is 0 Å². The second kappa shape index (κ2) is 44.3. The van der Waals surface area contributed by atoms with Gasteiger partial charge in [-0.1, -0.05) is 198 Å². The maximum atomic E-state index is 12.6. The second-order valence-corrected chi connectivity index (χ2v) is 18.1. The van der Waals surface area contributed by atoms with E-state index in [1.54, 1.807) is 12.2 Å². The molecule has 0 aliphatic heterocycles. The largest absolute Gasteiger partial charge is 0.480 e. The highest BCUT2D eigenvalue weighted by Gasteiger charge is 2.28. The molecular formula is C50H88NO11P. The van der Waals surface area contributed by atoms with E-state index in [2.05, 4.69) is 18.4 Å². The number of rotatable bonds is 46. The highest BCUT2D eigenvalue weighted by molar-refractivity contribution is 7.47. The average Bonchev–Trinajstić information content (AvgIpc) is 3.25. The quantitative estimate of drug-likeness (QED) is 0.0131. The highest BCUT2D eigenvalue weighted by Crippen LogP contribution is 2.43. The Balaban J connectivity index is 4.36. The molecule has 63 heavy (non-hydrogen) atoms. The van der Waals surface area contributed by atoms with Crippen LogP contribution in [-0.4, -0.2) is 65.7 Å². The number of carbonyl (C=O) groups is 4. The summed E-state index contributed by atoms with van der Waals surface area (Å²) in [6.45, 7) is 2.60. The van der Waals surface area contributed by atoms with Crippen LogP contribution >= 0.6 is 7.82 Å². The van der Waals surface area contributed by atoms with Gasteiger partial charge in [0.1, 0.15) is 12.6 Å². The van der Waals surface area contributed by atoms with Gasteiger partial charge in [0.05, 0.1) is 13.2 Å². The van der Waals surface area contributed by atoms with Crippen LogP contribution in [0.25, 0.3) is 0 Å². The first kappa shape index (κ1) is 60.1. The van der Waals surface area contributed by atoms with Crippen LogP contribution in [0.4, 0.5) is 0 Å². The van der Waals surface area contributed by atoms with E-state index in [1.807, 2.05) is 36.5 Å². The van der Waals surface area contributed by atoms with Gasteiger partial charge >= 0.3 is 25.7 Å². The predicted octanol–water partition coefficient (Wildman–Crippen LogP) is 12.9. The van der Waals surface area contributed by atoms with Crippen LogP contribution in [0.15, 0.2) is 48.6 Å². The van der Waals surface area contributed by atoms with E-state index in [-0.39, 0.29) is 25.2 Å². The fraction of sp³-hybridized carbons (Fsp3) is 0.760. The van der Waals surface area contributed by atoms with Gasteiger partial charge in [-0.25, -0.2) is 4.57 Å². The van der Waals surface area contributed by atoms with Gasteiger partial charge in [0.15, 0.2) is 11.9 Å². The Labute approximate surface area is 381 Å². The van der Waals surface area contributed by atoms with E-state index < -0.39 is 51.1 Å². The van der Waals surface area contributed by atoms with Gasteiger partial charge in [-0.3, -0.25) is 28.2 Å². The summed E-state index contributed by atoms with van der Waals surface area (Å²) in [4.78, 5) is 57.8. The molecule has 12 nitrogen and oxygen atoms in total. The summed E-state index contributed by atoms with van der Waals surface area (Å²) in [5.74, 6) is -2.33. The molecule has 0 amide bonds. The standard InChI is InChI=1S/C50H88NO11P/c1-3-5-7-8-9-10-11-12-13-14-15-16-17-18-19-20-23-26-29-32-36-40-48(53)59-42-46(43-60-63(57,58)61-44-47(51)50(55)56)62-49(54)41-37-33-30-27-24-21-22-25-28-31-35-39-45(52)38-34-6-4-2/h21-22,27-28,30-31,35,39,46-47H,3-20,23-26,29,32-34,36-38,40-44,51H2,1-2H3,(H,55,56)(H,57,58)/b22-21-,30-27-,31-28-,39-35+/t46-,47+/m1/s1. The molecule has 0 aliphatic carbocycles. The van der Waals surface area contributed by atoms with Crippen molar-refractivity contribution >= 4 is 31.5 Å². The zero-order valence-corrected chi connectivity index (χ0v) is 40.3. The Morgan fingerprint density at radius 3 is 1.52 bits per heavy atom. The van der Waals surface area contributed by atoms with Crippen molar-refractivity contribution in [2.45, 2.75) is 225 Å². The SMILES string of the molecule is CCCCCCCCCCCCCCCCCCCCCCCC(=O)OC[C@H](COP(=O)(O)OC[C@H](N)C(=O)O)OC(=O)CCC/C=C\C/C=C\C/C=C\C=C\C(=O)CCCCC. The maximum absolute atomic E-state index is 12.6. The van der Waals surface area contributed by atoms with Crippen molar-refractivity contribution in [3.63, 3.8) is 0 Å². The van der Waals surface area contributed by atoms with Gasteiger partial charge in [0.2, 0.25) is 0 Å². The van der Waals surface area contributed by atoms with Crippen LogP contribution in [0, 0.1) is 0 Å². The average molecular weight is 910 g/mol. The monoisotopic (exact) mass is 910 g/mol. The number of phosphoric ester groups is 1. The third-order valence-electron chi connectivity index (χ3n) is 10.6. The fourth-order valence-corrected chi connectivity index (χ4v) is 7.44. The van der Waals surface area contributed by atoms with Crippen molar-refractivity contribution in [3.05, 3.63) is 48.6 Å². The Hall–Kier alpha value is -2.89. The van der Waals surface area contributed by atoms with Crippen LogP contribution in [-0.2, 0) is 42.3 Å². The normalized spacial score (nSPS) is 13.9. The Morgan fingerprint density at radius 1 is 0.540 bits per heavy atom. The topological polar surface area (TPSA) is 189 Å². The van der Waals surface area contributed by atoms with Crippen molar-refractivity contribution in [3.8, 4) is 0 Å². The summed E-state index contributed by atoms with van der Waals surface area (Å²) in [6, 6.07) is -1.54. The molecule has 4 N–H and O–H groups in total. The Kier molecular flexibility index (Phi) is 42.3. The van der Waals surface area contributed by atoms with Gasteiger partial charge in [-0.15, -0.1) is 0 Å². The number of ketones is 1. The molecule has 0 aliphatic rings. The van der Waals surface area contributed by atoms with Crippen LogP contribution in [0.1, 0.15) is 213 Å². The van der Waals surface area contributed by atoms with E-state index >= 15 is 0 Å².